The van der Waals surface area contributed by atoms with Crippen molar-refractivity contribution in [2.24, 2.45) is 0 Å². The van der Waals surface area contributed by atoms with Crippen molar-refractivity contribution in [2.75, 3.05) is 12.8 Å². The van der Waals surface area contributed by atoms with Gasteiger partial charge < -0.3 is 14.4 Å². The van der Waals surface area contributed by atoms with E-state index in [1.54, 1.807) is 25.4 Å². The summed E-state index contributed by atoms with van der Waals surface area (Å²) in [4.78, 5) is 24.1. The first-order chi connectivity index (χ1) is 10.1. The van der Waals surface area contributed by atoms with E-state index in [1.807, 2.05) is 0 Å². The van der Waals surface area contributed by atoms with Crippen LogP contribution in [0.15, 0.2) is 28.0 Å². The van der Waals surface area contributed by atoms with Crippen molar-refractivity contribution >= 4 is 23.6 Å². The van der Waals surface area contributed by atoms with Gasteiger partial charge in [0.05, 0.1) is 18.6 Å². The van der Waals surface area contributed by atoms with Gasteiger partial charge in [0, 0.05) is 7.05 Å². The normalized spacial score (nSPS) is 10.5. The van der Waals surface area contributed by atoms with E-state index in [0.717, 1.165) is 16.4 Å². The SMILES string of the molecule is CN(Cc1ccco1)C(=O)CSc1nnnn1CC(=O)O. The smallest absolute Gasteiger partial charge is 0.325 e. The number of carbonyl (C=O) groups is 2. The maximum atomic E-state index is 12.0. The van der Waals surface area contributed by atoms with Crippen molar-refractivity contribution in [3.05, 3.63) is 24.2 Å². The maximum Gasteiger partial charge on any atom is 0.325 e. The van der Waals surface area contributed by atoms with Gasteiger partial charge in [-0.25, -0.2) is 4.68 Å². The molecule has 1 N–H and O–H groups in total. The lowest BCUT2D eigenvalue weighted by Crippen LogP contribution is -2.27. The molecule has 0 aliphatic rings. The first-order valence-electron chi connectivity index (χ1n) is 5.93. The maximum absolute atomic E-state index is 12.0. The Hall–Kier alpha value is -2.36. The van der Waals surface area contributed by atoms with Crippen LogP contribution in [0.4, 0.5) is 0 Å². The Balaban J connectivity index is 1.86. The third-order valence-corrected chi connectivity index (χ3v) is 3.45. The van der Waals surface area contributed by atoms with Crippen molar-refractivity contribution in [2.45, 2.75) is 18.2 Å². The van der Waals surface area contributed by atoms with Gasteiger partial charge in [-0.2, -0.15) is 0 Å². The Labute approximate surface area is 123 Å². The standard InChI is InChI=1S/C11H13N5O4S/c1-15(5-8-3-2-4-20-8)9(17)7-21-11-12-13-14-16(11)6-10(18)19/h2-4H,5-7H2,1H3,(H,18,19). The molecule has 2 rings (SSSR count). The molecule has 0 saturated heterocycles. The van der Waals surface area contributed by atoms with Gasteiger partial charge >= 0.3 is 5.97 Å². The average molecular weight is 311 g/mol. The van der Waals surface area contributed by atoms with Crippen LogP contribution in [0.3, 0.4) is 0 Å². The van der Waals surface area contributed by atoms with Crippen LogP contribution in [0.1, 0.15) is 5.76 Å². The number of tetrazole rings is 1. The molecule has 0 unspecified atom stereocenters. The zero-order valence-electron chi connectivity index (χ0n) is 11.2. The molecule has 21 heavy (non-hydrogen) atoms. The molecule has 2 aromatic heterocycles. The fourth-order valence-electron chi connectivity index (χ4n) is 1.49. The quantitative estimate of drug-likeness (QED) is 0.716. The second-order valence-electron chi connectivity index (χ2n) is 4.13. The van der Waals surface area contributed by atoms with Crippen LogP contribution < -0.4 is 0 Å². The summed E-state index contributed by atoms with van der Waals surface area (Å²) < 4.78 is 6.30. The van der Waals surface area contributed by atoms with E-state index in [0.29, 0.717) is 12.3 Å². The van der Waals surface area contributed by atoms with Crippen molar-refractivity contribution in [3.8, 4) is 0 Å². The van der Waals surface area contributed by atoms with Crippen LogP contribution in [0.5, 0.6) is 0 Å². The molecule has 0 saturated carbocycles. The van der Waals surface area contributed by atoms with E-state index >= 15 is 0 Å². The fourth-order valence-corrected chi connectivity index (χ4v) is 2.31. The van der Waals surface area contributed by atoms with Gasteiger partial charge in [0.2, 0.25) is 11.1 Å². The molecule has 112 valence electrons. The molecular weight excluding hydrogens is 298 g/mol. The summed E-state index contributed by atoms with van der Waals surface area (Å²) in [5.74, 6) is -0.393. The Morgan fingerprint density at radius 3 is 3.00 bits per heavy atom. The topological polar surface area (TPSA) is 114 Å². The summed E-state index contributed by atoms with van der Waals surface area (Å²) >= 11 is 1.09. The lowest BCUT2D eigenvalue weighted by molar-refractivity contribution is -0.138. The van der Waals surface area contributed by atoms with Crippen molar-refractivity contribution < 1.29 is 19.1 Å². The fraction of sp³-hybridized carbons (Fsp3) is 0.364. The molecule has 0 fully saturated rings. The van der Waals surface area contributed by atoms with Gasteiger partial charge in [0.25, 0.3) is 0 Å². The number of aromatic nitrogens is 4. The minimum absolute atomic E-state index is 0.108. The zero-order valence-corrected chi connectivity index (χ0v) is 12.0. The first kappa shape index (κ1) is 15.0. The highest BCUT2D eigenvalue weighted by Crippen LogP contribution is 2.14. The molecule has 1 amide bonds. The second-order valence-corrected chi connectivity index (χ2v) is 5.07. The molecule has 10 heteroatoms. The van der Waals surface area contributed by atoms with Crippen LogP contribution in [0.2, 0.25) is 0 Å². The molecule has 0 aliphatic heterocycles. The number of hydrogen-bond donors (Lipinski definition) is 1. The number of furan rings is 1. The summed E-state index contributed by atoms with van der Waals surface area (Å²) in [6.07, 6.45) is 1.54. The van der Waals surface area contributed by atoms with E-state index in [-0.39, 0.29) is 23.4 Å². The Kier molecular flexibility index (Phi) is 4.93. The summed E-state index contributed by atoms with van der Waals surface area (Å²) in [5, 5.41) is 19.6. The van der Waals surface area contributed by atoms with Crippen LogP contribution in [0, 0.1) is 0 Å². The molecule has 2 heterocycles. The highest BCUT2D eigenvalue weighted by Gasteiger charge is 2.15. The third kappa shape index (κ3) is 4.31. The number of aliphatic carboxylic acids is 1. The van der Waals surface area contributed by atoms with Crippen LogP contribution >= 0.6 is 11.8 Å². The molecule has 0 aromatic carbocycles. The van der Waals surface area contributed by atoms with Crippen molar-refractivity contribution in [1.82, 2.24) is 25.1 Å². The van der Waals surface area contributed by atoms with Gasteiger partial charge in [-0.15, -0.1) is 5.10 Å². The molecular formula is C11H13N5O4S. The molecule has 0 spiro atoms. The summed E-state index contributed by atoms with van der Waals surface area (Å²) in [6.45, 7) is 0.0260. The number of carboxylic acids is 1. The lowest BCUT2D eigenvalue weighted by Gasteiger charge is -2.15. The minimum atomic E-state index is -1.05. The number of thioether (sulfide) groups is 1. The average Bonchev–Trinajstić information content (AvgIpc) is 3.07. The van der Waals surface area contributed by atoms with Gasteiger partial charge in [-0.1, -0.05) is 11.8 Å². The Bertz CT molecular complexity index is 612. The molecule has 0 atom stereocenters. The van der Waals surface area contributed by atoms with E-state index in [9.17, 15) is 9.59 Å². The Morgan fingerprint density at radius 2 is 2.33 bits per heavy atom. The second kappa shape index (κ2) is 6.88. The summed E-state index contributed by atoms with van der Waals surface area (Å²) in [7, 11) is 1.66. The molecule has 0 radical (unpaired) electrons. The van der Waals surface area contributed by atoms with Gasteiger partial charge in [-0.05, 0) is 22.6 Å². The van der Waals surface area contributed by atoms with E-state index in [2.05, 4.69) is 15.5 Å². The van der Waals surface area contributed by atoms with Gasteiger partial charge in [0.1, 0.15) is 12.3 Å². The van der Waals surface area contributed by atoms with E-state index in [1.165, 1.54) is 4.90 Å². The number of amides is 1. The largest absolute Gasteiger partial charge is 0.480 e. The van der Waals surface area contributed by atoms with E-state index in [4.69, 9.17) is 9.52 Å². The number of carbonyl (C=O) groups excluding carboxylic acids is 1. The summed E-state index contributed by atoms with van der Waals surface area (Å²) in [6, 6.07) is 3.53. The predicted octanol–water partition coefficient (Wildman–Crippen LogP) is 0.101. The Morgan fingerprint density at radius 1 is 1.52 bits per heavy atom. The highest BCUT2D eigenvalue weighted by atomic mass is 32.2. The number of carboxylic acid groups (broad SMARTS) is 1. The first-order valence-corrected chi connectivity index (χ1v) is 6.92. The number of rotatable bonds is 7. The molecule has 9 nitrogen and oxygen atoms in total. The van der Waals surface area contributed by atoms with E-state index < -0.39 is 5.97 Å². The summed E-state index contributed by atoms with van der Waals surface area (Å²) in [5.41, 5.74) is 0. The van der Waals surface area contributed by atoms with Crippen LogP contribution in [-0.4, -0.2) is 54.9 Å². The van der Waals surface area contributed by atoms with Gasteiger partial charge in [0.15, 0.2) is 0 Å². The highest BCUT2D eigenvalue weighted by molar-refractivity contribution is 7.99. The lowest BCUT2D eigenvalue weighted by atomic mass is 10.4. The van der Waals surface area contributed by atoms with Crippen LogP contribution in [0.25, 0.3) is 0 Å². The molecule has 2 aromatic rings. The van der Waals surface area contributed by atoms with Gasteiger partial charge in [-0.3, -0.25) is 9.59 Å². The minimum Gasteiger partial charge on any atom is -0.480 e. The predicted molar refractivity (Wildman–Crippen MR) is 71.4 cm³/mol. The number of nitrogens with zero attached hydrogens (tertiary/aromatic N) is 5. The van der Waals surface area contributed by atoms with Crippen LogP contribution in [-0.2, 0) is 22.7 Å². The molecule has 0 bridgehead atoms. The third-order valence-electron chi connectivity index (χ3n) is 2.51. The van der Waals surface area contributed by atoms with Crippen molar-refractivity contribution in [3.63, 3.8) is 0 Å². The zero-order chi connectivity index (χ0) is 15.2. The van der Waals surface area contributed by atoms with Crippen molar-refractivity contribution in [1.29, 1.82) is 0 Å². The number of hydrogen-bond acceptors (Lipinski definition) is 7. The molecule has 0 aliphatic carbocycles. The monoisotopic (exact) mass is 311 g/mol.